The number of halogens is 1. The number of carbonyl (C=O) groups excluding carboxylic acids is 2. The first kappa shape index (κ1) is 18.7. The van der Waals surface area contributed by atoms with Crippen LogP contribution in [0.25, 0.3) is 11.3 Å². The Morgan fingerprint density at radius 2 is 1.89 bits per heavy atom. The maximum Gasteiger partial charge on any atom is 0.338 e. The standard InChI is InChI=1S/C20H17FN2O3S/c1-12-3-8-16(13(2)9-12)19(25)26-10-18(24)23-20-22-17(11-27-20)14-4-6-15(21)7-5-14/h3-9,11H,10H2,1-2H3,(H,22,23,24). The SMILES string of the molecule is Cc1ccc(C(=O)OCC(=O)Nc2nc(-c3ccc(F)cc3)cs2)c(C)c1. The highest BCUT2D eigenvalue weighted by Crippen LogP contribution is 2.25. The summed E-state index contributed by atoms with van der Waals surface area (Å²) in [6.07, 6.45) is 0. The van der Waals surface area contributed by atoms with E-state index in [4.69, 9.17) is 4.74 Å². The number of benzene rings is 2. The molecular weight excluding hydrogens is 367 g/mol. The van der Waals surface area contributed by atoms with Crippen molar-refractivity contribution in [1.29, 1.82) is 0 Å². The molecule has 0 unspecified atom stereocenters. The van der Waals surface area contributed by atoms with E-state index in [-0.39, 0.29) is 5.82 Å². The zero-order chi connectivity index (χ0) is 19.4. The Morgan fingerprint density at radius 1 is 1.15 bits per heavy atom. The van der Waals surface area contributed by atoms with Crippen LogP contribution in [0.5, 0.6) is 0 Å². The Labute approximate surface area is 159 Å². The third-order valence-corrected chi connectivity index (χ3v) is 4.58. The minimum Gasteiger partial charge on any atom is -0.452 e. The van der Waals surface area contributed by atoms with Crippen LogP contribution in [0.2, 0.25) is 0 Å². The van der Waals surface area contributed by atoms with E-state index in [1.165, 1.54) is 23.5 Å². The Kier molecular flexibility index (Phi) is 5.61. The Hall–Kier alpha value is -3.06. The van der Waals surface area contributed by atoms with Gasteiger partial charge in [0.05, 0.1) is 11.3 Å². The summed E-state index contributed by atoms with van der Waals surface area (Å²) in [7, 11) is 0. The summed E-state index contributed by atoms with van der Waals surface area (Å²) >= 11 is 1.23. The number of nitrogens with one attached hydrogen (secondary N) is 1. The molecule has 0 fully saturated rings. The number of ether oxygens (including phenoxy) is 1. The number of amides is 1. The lowest BCUT2D eigenvalue weighted by Crippen LogP contribution is -2.21. The first-order valence-corrected chi connectivity index (χ1v) is 9.06. The largest absolute Gasteiger partial charge is 0.452 e. The van der Waals surface area contributed by atoms with Crippen molar-refractivity contribution < 1.29 is 18.7 Å². The molecule has 0 atom stereocenters. The van der Waals surface area contributed by atoms with E-state index in [2.05, 4.69) is 10.3 Å². The molecule has 7 heteroatoms. The molecule has 0 saturated heterocycles. The molecule has 3 aromatic rings. The highest BCUT2D eigenvalue weighted by molar-refractivity contribution is 7.14. The van der Waals surface area contributed by atoms with Crippen molar-refractivity contribution in [2.45, 2.75) is 13.8 Å². The number of hydrogen-bond acceptors (Lipinski definition) is 5. The predicted octanol–water partition coefficient (Wildman–Crippen LogP) is 4.36. The highest BCUT2D eigenvalue weighted by atomic mass is 32.1. The van der Waals surface area contributed by atoms with Crippen molar-refractivity contribution in [2.75, 3.05) is 11.9 Å². The van der Waals surface area contributed by atoms with Crippen LogP contribution in [0.3, 0.4) is 0 Å². The third-order valence-electron chi connectivity index (χ3n) is 3.83. The van der Waals surface area contributed by atoms with E-state index in [0.29, 0.717) is 16.4 Å². The third kappa shape index (κ3) is 4.77. The number of aryl methyl sites for hydroxylation is 2. The predicted molar refractivity (Wildman–Crippen MR) is 102 cm³/mol. The molecule has 0 saturated carbocycles. The fourth-order valence-corrected chi connectivity index (χ4v) is 3.23. The van der Waals surface area contributed by atoms with E-state index in [1.54, 1.807) is 23.6 Å². The van der Waals surface area contributed by atoms with Crippen LogP contribution in [0, 0.1) is 19.7 Å². The number of esters is 1. The normalized spacial score (nSPS) is 10.5. The van der Waals surface area contributed by atoms with E-state index in [0.717, 1.165) is 16.7 Å². The second kappa shape index (κ2) is 8.09. The molecular formula is C20H17FN2O3S. The van der Waals surface area contributed by atoms with Crippen LogP contribution in [0.1, 0.15) is 21.5 Å². The van der Waals surface area contributed by atoms with E-state index < -0.39 is 18.5 Å². The molecule has 5 nitrogen and oxygen atoms in total. The van der Waals surface area contributed by atoms with E-state index in [9.17, 15) is 14.0 Å². The highest BCUT2D eigenvalue weighted by Gasteiger charge is 2.14. The Bertz CT molecular complexity index is 983. The van der Waals surface area contributed by atoms with Gasteiger partial charge in [0.2, 0.25) is 0 Å². The Morgan fingerprint density at radius 3 is 2.59 bits per heavy atom. The molecule has 0 spiro atoms. The number of hydrogen-bond donors (Lipinski definition) is 1. The number of carbonyl (C=O) groups is 2. The van der Waals surface area contributed by atoms with Crippen molar-refractivity contribution in [2.24, 2.45) is 0 Å². The molecule has 1 heterocycles. The number of rotatable bonds is 5. The van der Waals surface area contributed by atoms with Gasteiger partial charge in [0.15, 0.2) is 11.7 Å². The van der Waals surface area contributed by atoms with Crippen LogP contribution >= 0.6 is 11.3 Å². The molecule has 2 aromatic carbocycles. The number of aromatic nitrogens is 1. The fraction of sp³-hybridized carbons (Fsp3) is 0.150. The van der Waals surface area contributed by atoms with Crippen molar-refractivity contribution in [3.8, 4) is 11.3 Å². The zero-order valence-corrected chi connectivity index (χ0v) is 15.6. The van der Waals surface area contributed by atoms with E-state index >= 15 is 0 Å². The van der Waals surface area contributed by atoms with Crippen molar-refractivity contribution in [3.05, 3.63) is 70.4 Å². The van der Waals surface area contributed by atoms with Crippen molar-refractivity contribution in [3.63, 3.8) is 0 Å². The van der Waals surface area contributed by atoms with Gasteiger partial charge in [0, 0.05) is 10.9 Å². The molecule has 27 heavy (non-hydrogen) atoms. The van der Waals surface area contributed by atoms with Gasteiger partial charge in [-0.1, -0.05) is 17.7 Å². The fourth-order valence-electron chi connectivity index (χ4n) is 2.49. The average Bonchev–Trinajstić information content (AvgIpc) is 3.08. The topological polar surface area (TPSA) is 68.3 Å². The first-order valence-electron chi connectivity index (χ1n) is 8.18. The number of thiazole rings is 1. The van der Waals surface area contributed by atoms with Crippen LogP contribution in [0.4, 0.5) is 9.52 Å². The summed E-state index contributed by atoms with van der Waals surface area (Å²) in [5.41, 5.74) is 3.64. The molecule has 0 radical (unpaired) electrons. The van der Waals surface area contributed by atoms with Gasteiger partial charge in [-0.25, -0.2) is 14.2 Å². The summed E-state index contributed by atoms with van der Waals surface area (Å²) in [6.45, 7) is 3.34. The van der Waals surface area contributed by atoms with Gasteiger partial charge >= 0.3 is 5.97 Å². The molecule has 1 aromatic heterocycles. The van der Waals surface area contributed by atoms with Gasteiger partial charge in [-0.2, -0.15) is 0 Å². The minimum absolute atomic E-state index is 0.326. The molecule has 1 amide bonds. The molecule has 3 rings (SSSR count). The van der Waals surface area contributed by atoms with Gasteiger partial charge in [0.1, 0.15) is 5.82 Å². The monoisotopic (exact) mass is 384 g/mol. The summed E-state index contributed by atoms with van der Waals surface area (Å²) < 4.78 is 18.1. The quantitative estimate of drug-likeness (QED) is 0.664. The summed E-state index contributed by atoms with van der Waals surface area (Å²) in [5, 5.41) is 4.72. The van der Waals surface area contributed by atoms with Crippen molar-refractivity contribution >= 4 is 28.3 Å². The number of anilines is 1. The summed E-state index contributed by atoms with van der Waals surface area (Å²) in [5.74, 6) is -1.35. The van der Waals surface area contributed by atoms with Crippen LogP contribution in [-0.4, -0.2) is 23.5 Å². The second-order valence-electron chi connectivity index (χ2n) is 5.99. The van der Waals surface area contributed by atoms with Crippen molar-refractivity contribution in [1.82, 2.24) is 4.98 Å². The maximum atomic E-state index is 13.0. The molecule has 138 valence electrons. The molecule has 1 N–H and O–H groups in total. The molecule has 0 aliphatic heterocycles. The zero-order valence-electron chi connectivity index (χ0n) is 14.8. The van der Waals surface area contributed by atoms with Gasteiger partial charge in [0.25, 0.3) is 5.91 Å². The smallest absolute Gasteiger partial charge is 0.338 e. The summed E-state index contributed by atoms with van der Waals surface area (Å²) in [4.78, 5) is 28.4. The lowest BCUT2D eigenvalue weighted by atomic mass is 10.1. The second-order valence-corrected chi connectivity index (χ2v) is 6.85. The maximum absolute atomic E-state index is 13.0. The van der Waals surface area contributed by atoms with E-state index in [1.807, 2.05) is 26.0 Å². The molecule has 0 aliphatic carbocycles. The van der Waals surface area contributed by atoms with Crippen LogP contribution in [0.15, 0.2) is 47.8 Å². The lowest BCUT2D eigenvalue weighted by molar-refractivity contribution is -0.119. The molecule has 0 bridgehead atoms. The van der Waals surface area contributed by atoms with Gasteiger partial charge in [-0.15, -0.1) is 11.3 Å². The molecule has 0 aliphatic rings. The minimum atomic E-state index is -0.547. The summed E-state index contributed by atoms with van der Waals surface area (Å²) in [6, 6.07) is 11.3. The van der Waals surface area contributed by atoms with Crippen LogP contribution in [-0.2, 0) is 9.53 Å². The van der Waals surface area contributed by atoms with Gasteiger partial charge in [-0.3, -0.25) is 10.1 Å². The number of nitrogens with zero attached hydrogens (tertiary/aromatic N) is 1. The lowest BCUT2D eigenvalue weighted by Gasteiger charge is -2.07. The van der Waals surface area contributed by atoms with Crippen LogP contribution < -0.4 is 5.32 Å². The average molecular weight is 384 g/mol. The Balaban J connectivity index is 1.56. The van der Waals surface area contributed by atoms with Gasteiger partial charge < -0.3 is 4.74 Å². The van der Waals surface area contributed by atoms with Gasteiger partial charge in [-0.05, 0) is 49.7 Å². The first-order chi connectivity index (χ1) is 12.9.